The van der Waals surface area contributed by atoms with E-state index in [2.05, 4.69) is 27.3 Å². The van der Waals surface area contributed by atoms with E-state index in [4.69, 9.17) is 22.1 Å². The molecule has 0 saturated carbocycles. The van der Waals surface area contributed by atoms with Crippen LogP contribution in [0.4, 0.5) is 11.4 Å². The summed E-state index contributed by atoms with van der Waals surface area (Å²) in [6.07, 6.45) is 1.39. The first-order valence-electron chi connectivity index (χ1n) is 7.75. The summed E-state index contributed by atoms with van der Waals surface area (Å²) in [5.41, 5.74) is 8.59. The molecule has 0 atom stereocenters. The van der Waals surface area contributed by atoms with E-state index in [0.29, 0.717) is 22.9 Å². The molecular formula is C17H19ClN4O2. The Balaban J connectivity index is 1.80. The number of nitrogens with two attached hydrogens (primary N) is 1. The van der Waals surface area contributed by atoms with Gasteiger partial charge in [0.25, 0.3) is 5.91 Å². The van der Waals surface area contributed by atoms with Gasteiger partial charge in [0.1, 0.15) is 5.15 Å². The van der Waals surface area contributed by atoms with Crippen LogP contribution < -0.4 is 16.0 Å². The Labute approximate surface area is 145 Å². The van der Waals surface area contributed by atoms with Gasteiger partial charge >= 0.3 is 0 Å². The van der Waals surface area contributed by atoms with Crippen molar-refractivity contribution in [3.05, 3.63) is 52.8 Å². The predicted octanol–water partition coefficient (Wildman–Crippen LogP) is 2.28. The number of ether oxygens (including phenoxy) is 1. The Bertz CT molecular complexity index is 732. The maximum atomic E-state index is 11.5. The summed E-state index contributed by atoms with van der Waals surface area (Å²) in [5.74, 6) is -0.539. The molecule has 1 amide bonds. The molecule has 0 spiro atoms. The number of benzene rings is 1. The molecule has 24 heavy (non-hydrogen) atoms. The van der Waals surface area contributed by atoms with Crippen molar-refractivity contribution in [2.75, 3.05) is 36.5 Å². The summed E-state index contributed by atoms with van der Waals surface area (Å²) in [7, 11) is 0. The van der Waals surface area contributed by atoms with Crippen molar-refractivity contribution in [1.82, 2.24) is 4.98 Å². The zero-order valence-corrected chi connectivity index (χ0v) is 13.9. The van der Waals surface area contributed by atoms with E-state index in [1.54, 1.807) is 6.07 Å². The molecule has 0 aliphatic carbocycles. The number of pyridine rings is 1. The quantitative estimate of drug-likeness (QED) is 0.812. The van der Waals surface area contributed by atoms with Crippen LogP contribution in [0.1, 0.15) is 15.9 Å². The Morgan fingerprint density at radius 3 is 2.83 bits per heavy atom. The molecule has 0 unspecified atom stereocenters. The lowest BCUT2D eigenvalue weighted by Gasteiger charge is -2.30. The number of rotatable bonds is 5. The van der Waals surface area contributed by atoms with Crippen molar-refractivity contribution in [2.45, 2.75) is 6.54 Å². The number of nitrogens with zero attached hydrogens (tertiary/aromatic N) is 2. The van der Waals surface area contributed by atoms with Crippen molar-refractivity contribution in [1.29, 1.82) is 0 Å². The molecule has 126 valence electrons. The first-order chi connectivity index (χ1) is 11.6. The molecule has 0 radical (unpaired) electrons. The topological polar surface area (TPSA) is 80.5 Å². The summed E-state index contributed by atoms with van der Waals surface area (Å²) in [6.45, 7) is 3.74. The summed E-state index contributed by atoms with van der Waals surface area (Å²) < 4.78 is 5.42. The summed E-state index contributed by atoms with van der Waals surface area (Å²) in [5, 5.41) is 3.56. The van der Waals surface area contributed by atoms with Gasteiger partial charge in [0.15, 0.2) is 0 Å². The highest BCUT2D eigenvalue weighted by atomic mass is 35.5. The lowest BCUT2D eigenvalue weighted by Crippen LogP contribution is -2.36. The van der Waals surface area contributed by atoms with Crippen LogP contribution in [0.5, 0.6) is 0 Å². The summed E-state index contributed by atoms with van der Waals surface area (Å²) >= 11 is 5.93. The Kier molecular flexibility index (Phi) is 5.17. The minimum atomic E-state index is -0.539. The molecule has 1 fully saturated rings. The van der Waals surface area contributed by atoms with E-state index in [1.807, 2.05) is 12.1 Å². The minimum Gasteiger partial charge on any atom is -0.380 e. The number of carbonyl (C=O) groups excluding carboxylic acids is 1. The standard InChI is InChI=1S/C17H19ClN4O2/c18-16-9-14(13(11-21-16)17(19)23)20-10-12-3-1-2-4-15(12)22-5-7-24-8-6-22/h1-4,9,11H,5-8,10H2,(H2,19,23)(H,20,21). The molecule has 1 aliphatic rings. The highest BCUT2D eigenvalue weighted by Crippen LogP contribution is 2.24. The second kappa shape index (κ2) is 7.51. The second-order valence-corrected chi connectivity index (χ2v) is 5.89. The van der Waals surface area contributed by atoms with Crippen molar-refractivity contribution in [3.63, 3.8) is 0 Å². The monoisotopic (exact) mass is 346 g/mol. The smallest absolute Gasteiger partial charge is 0.252 e. The average molecular weight is 347 g/mol. The normalized spacial score (nSPS) is 14.5. The third kappa shape index (κ3) is 3.77. The largest absolute Gasteiger partial charge is 0.380 e. The number of hydrogen-bond acceptors (Lipinski definition) is 5. The van der Waals surface area contributed by atoms with Crippen LogP contribution in [0, 0.1) is 0 Å². The van der Waals surface area contributed by atoms with Gasteiger partial charge in [-0.05, 0) is 17.7 Å². The number of primary amides is 1. The van der Waals surface area contributed by atoms with Crippen LogP contribution >= 0.6 is 11.6 Å². The molecule has 2 heterocycles. The van der Waals surface area contributed by atoms with Crippen LogP contribution in [-0.2, 0) is 11.3 Å². The highest BCUT2D eigenvalue weighted by Gasteiger charge is 2.15. The summed E-state index contributed by atoms with van der Waals surface area (Å²) in [4.78, 5) is 17.7. The fourth-order valence-electron chi connectivity index (χ4n) is 2.74. The molecule has 7 heteroatoms. The molecule has 6 nitrogen and oxygen atoms in total. The summed E-state index contributed by atoms with van der Waals surface area (Å²) in [6, 6.07) is 9.78. The number of nitrogens with one attached hydrogen (secondary N) is 1. The molecule has 2 aromatic rings. The Hall–Kier alpha value is -2.31. The fraction of sp³-hybridized carbons (Fsp3) is 0.294. The number of anilines is 2. The number of hydrogen-bond donors (Lipinski definition) is 2. The lowest BCUT2D eigenvalue weighted by molar-refractivity contribution is 0.100. The zero-order chi connectivity index (χ0) is 16.9. The number of carbonyl (C=O) groups is 1. The van der Waals surface area contributed by atoms with Crippen molar-refractivity contribution >= 4 is 28.9 Å². The maximum Gasteiger partial charge on any atom is 0.252 e. The van der Waals surface area contributed by atoms with Crippen molar-refractivity contribution in [2.24, 2.45) is 5.73 Å². The van der Waals surface area contributed by atoms with Gasteiger partial charge in [-0.2, -0.15) is 0 Å². The van der Waals surface area contributed by atoms with Crippen LogP contribution in [0.15, 0.2) is 36.5 Å². The van der Waals surface area contributed by atoms with Gasteiger partial charge in [-0.15, -0.1) is 0 Å². The molecule has 3 rings (SSSR count). The number of para-hydroxylation sites is 1. The third-order valence-corrected chi connectivity index (χ3v) is 4.16. The van der Waals surface area contributed by atoms with Gasteiger partial charge in [0.2, 0.25) is 0 Å². The minimum absolute atomic E-state index is 0.309. The highest BCUT2D eigenvalue weighted by molar-refractivity contribution is 6.29. The molecule has 3 N–H and O–H groups in total. The van der Waals surface area contributed by atoms with Gasteiger partial charge in [-0.3, -0.25) is 4.79 Å². The van der Waals surface area contributed by atoms with E-state index < -0.39 is 5.91 Å². The first-order valence-corrected chi connectivity index (χ1v) is 8.13. The molecule has 1 aliphatic heterocycles. The molecule has 0 bridgehead atoms. The SMILES string of the molecule is NC(=O)c1cnc(Cl)cc1NCc1ccccc1N1CCOCC1. The predicted molar refractivity (Wildman–Crippen MR) is 94.6 cm³/mol. The molecule has 1 saturated heterocycles. The number of morpholine rings is 1. The number of amides is 1. The maximum absolute atomic E-state index is 11.5. The third-order valence-electron chi connectivity index (χ3n) is 3.95. The Morgan fingerprint density at radius 1 is 1.33 bits per heavy atom. The van der Waals surface area contributed by atoms with Gasteiger partial charge in [-0.1, -0.05) is 29.8 Å². The first kappa shape index (κ1) is 16.5. The number of aromatic nitrogens is 1. The number of halogens is 1. The Morgan fingerprint density at radius 2 is 2.08 bits per heavy atom. The van der Waals surface area contributed by atoms with Crippen molar-refractivity contribution < 1.29 is 9.53 Å². The van der Waals surface area contributed by atoms with Crippen LogP contribution in [0.25, 0.3) is 0 Å². The van der Waals surface area contributed by atoms with Crippen LogP contribution in [0.2, 0.25) is 5.15 Å². The van der Waals surface area contributed by atoms with E-state index in [1.165, 1.54) is 6.20 Å². The molecule has 1 aromatic carbocycles. The van der Waals surface area contributed by atoms with E-state index in [0.717, 1.165) is 37.6 Å². The zero-order valence-electron chi connectivity index (χ0n) is 13.2. The van der Waals surface area contributed by atoms with Gasteiger partial charge in [-0.25, -0.2) is 4.98 Å². The van der Waals surface area contributed by atoms with E-state index in [-0.39, 0.29) is 0 Å². The van der Waals surface area contributed by atoms with Crippen LogP contribution in [-0.4, -0.2) is 37.2 Å². The molecule has 1 aromatic heterocycles. The van der Waals surface area contributed by atoms with Crippen LogP contribution in [0.3, 0.4) is 0 Å². The van der Waals surface area contributed by atoms with Gasteiger partial charge in [0.05, 0.1) is 24.5 Å². The van der Waals surface area contributed by atoms with Gasteiger partial charge < -0.3 is 20.7 Å². The second-order valence-electron chi connectivity index (χ2n) is 5.50. The lowest BCUT2D eigenvalue weighted by atomic mass is 10.1. The van der Waals surface area contributed by atoms with Crippen molar-refractivity contribution in [3.8, 4) is 0 Å². The van der Waals surface area contributed by atoms with E-state index >= 15 is 0 Å². The molecular weight excluding hydrogens is 328 g/mol. The van der Waals surface area contributed by atoms with E-state index in [9.17, 15) is 4.79 Å². The fourth-order valence-corrected chi connectivity index (χ4v) is 2.89. The average Bonchev–Trinajstić information content (AvgIpc) is 2.61. The van der Waals surface area contributed by atoms with Gasteiger partial charge in [0, 0.05) is 31.5 Å².